The van der Waals surface area contributed by atoms with Gasteiger partial charge in [0, 0.05) is 27.4 Å². The fourth-order valence-electron chi connectivity index (χ4n) is 4.67. The van der Waals surface area contributed by atoms with Gasteiger partial charge in [-0.2, -0.15) is 0 Å². The predicted octanol–water partition coefficient (Wildman–Crippen LogP) is 5.40. The molecule has 5 heteroatoms. The highest BCUT2D eigenvalue weighted by Gasteiger charge is 2.46. The summed E-state index contributed by atoms with van der Waals surface area (Å²) in [5.41, 5.74) is -0.737. The second-order valence-electron chi connectivity index (χ2n) is 9.22. The van der Waals surface area contributed by atoms with Gasteiger partial charge in [0.1, 0.15) is 14.3 Å². The van der Waals surface area contributed by atoms with Crippen molar-refractivity contribution in [2.75, 3.05) is 6.16 Å². The Balaban J connectivity index is 1.97. The average Bonchev–Trinajstić information content (AvgIpc) is 2.92. The van der Waals surface area contributed by atoms with Crippen molar-refractivity contribution in [1.82, 2.24) is 0 Å². The number of hydrogen-bond donors (Lipinski definition) is 1. The van der Waals surface area contributed by atoms with Gasteiger partial charge in [0.15, 0.2) is 0 Å². The van der Waals surface area contributed by atoms with Crippen molar-refractivity contribution >= 4 is 35.5 Å². The molecule has 4 rings (SSSR count). The van der Waals surface area contributed by atoms with Crippen molar-refractivity contribution in [2.45, 2.75) is 25.6 Å². The van der Waals surface area contributed by atoms with E-state index < -0.39 is 26.0 Å². The molecule has 0 bridgehead atoms. The molecule has 0 heterocycles. The third-order valence-corrected chi connectivity index (χ3v) is 13.6. The van der Waals surface area contributed by atoms with Gasteiger partial charge in [-0.05, 0) is 5.92 Å². The summed E-state index contributed by atoms with van der Waals surface area (Å²) >= 11 is 0. The van der Waals surface area contributed by atoms with E-state index in [4.69, 9.17) is 0 Å². The van der Waals surface area contributed by atoms with Gasteiger partial charge in [0.25, 0.3) is 0 Å². The summed E-state index contributed by atoms with van der Waals surface area (Å²) in [4.78, 5) is 0. The largest absolute Gasteiger partial charge is 0.392 e. The van der Waals surface area contributed by atoms with Crippen LogP contribution in [0.25, 0.3) is 0 Å². The zero-order valence-corrected chi connectivity index (χ0v) is 21.9. The van der Waals surface area contributed by atoms with E-state index in [1.54, 1.807) is 0 Å². The molecule has 0 radical (unpaired) electrons. The van der Waals surface area contributed by atoms with Gasteiger partial charge in [-0.25, -0.2) is 0 Å². The molecule has 1 N–H and O–H groups in total. The number of aliphatic hydroxyl groups is 1. The Labute approximate surface area is 208 Å². The predicted molar refractivity (Wildman–Crippen MR) is 149 cm³/mol. The summed E-state index contributed by atoms with van der Waals surface area (Å²) in [6.07, 6.45) is -0.816. The van der Waals surface area contributed by atoms with Gasteiger partial charge in [-0.3, -0.25) is 0 Å². The zero-order valence-electron chi connectivity index (χ0n) is 20.1. The van der Waals surface area contributed by atoms with Crippen molar-refractivity contribution in [1.29, 1.82) is 0 Å². The molecule has 0 aliphatic heterocycles. The summed E-state index contributed by atoms with van der Waals surface area (Å²) < 4.78 is 30.4. The van der Waals surface area contributed by atoms with E-state index in [1.165, 1.54) is 0 Å². The van der Waals surface area contributed by atoms with Gasteiger partial charge >= 0.3 is 0 Å². The molecule has 0 saturated carbocycles. The standard InChI is InChI=1S/C30H32O3P2/c1-24(2)30(31)29(35(33,27-19-11-5-12-20-27)28-21-13-6-14-22-28)23-34(32,25-15-7-3-8-16-25)26-17-9-4-10-18-26/h3-22,24,29-31H,23H2,1-2H3/t29-,30-/m0/s1. The molecule has 3 nitrogen and oxygen atoms in total. The van der Waals surface area contributed by atoms with Crippen LogP contribution in [-0.4, -0.2) is 23.0 Å². The van der Waals surface area contributed by atoms with Crippen LogP contribution in [0.1, 0.15) is 13.8 Å². The smallest absolute Gasteiger partial charge is 0.149 e. The van der Waals surface area contributed by atoms with Crippen molar-refractivity contribution in [3.63, 3.8) is 0 Å². The Hall–Kier alpha value is -2.70. The molecule has 4 aromatic carbocycles. The molecular weight excluding hydrogens is 470 g/mol. The van der Waals surface area contributed by atoms with Crippen LogP contribution >= 0.6 is 14.3 Å². The lowest BCUT2D eigenvalue weighted by atomic mass is 10.1. The maximum atomic E-state index is 15.3. The van der Waals surface area contributed by atoms with Crippen molar-refractivity contribution in [3.8, 4) is 0 Å². The van der Waals surface area contributed by atoms with Gasteiger partial charge in [-0.15, -0.1) is 0 Å². The summed E-state index contributed by atoms with van der Waals surface area (Å²) in [7, 11) is -6.65. The van der Waals surface area contributed by atoms with Crippen molar-refractivity contribution in [2.24, 2.45) is 5.92 Å². The number of aliphatic hydroxyl groups excluding tert-OH is 1. The van der Waals surface area contributed by atoms with Crippen LogP contribution in [0.5, 0.6) is 0 Å². The minimum atomic E-state index is -3.40. The van der Waals surface area contributed by atoms with Crippen LogP contribution in [0.2, 0.25) is 0 Å². The normalized spacial score (nSPS) is 13.9. The number of hydrogen-bond acceptors (Lipinski definition) is 3. The number of rotatable bonds is 9. The first kappa shape index (κ1) is 25.4. The molecule has 0 aromatic heterocycles. The second kappa shape index (κ2) is 10.9. The van der Waals surface area contributed by atoms with Crippen molar-refractivity contribution < 1.29 is 14.2 Å². The van der Waals surface area contributed by atoms with E-state index >= 15 is 9.13 Å². The van der Waals surface area contributed by atoms with E-state index in [2.05, 4.69) is 0 Å². The monoisotopic (exact) mass is 502 g/mol. The van der Waals surface area contributed by atoms with E-state index in [9.17, 15) is 5.11 Å². The molecule has 180 valence electrons. The molecule has 35 heavy (non-hydrogen) atoms. The second-order valence-corrected chi connectivity index (χ2v) is 15.1. The Bertz CT molecular complexity index is 1220. The van der Waals surface area contributed by atoms with Crippen molar-refractivity contribution in [3.05, 3.63) is 121 Å². The highest BCUT2D eigenvalue weighted by Crippen LogP contribution is 2.57. The molecule has 2 atom stereocenters. The lowest BCUT2D eigenvalue weighted by Gasteiger charge is -2.36. The van der Waals surface area contributed by atoms with Gasteiger partial charge in [0.05, 0.1) is 11.8 Å². The van der Waals surface area contributed by atoms with E-state index in [0.29, 0.717) is 21.2 Å². The highest BCUT2D eigenvalue weighted by molar-refractivity contribution is 7.82. The third-order valence-electron chi connectivity index (χ3n) is 6.61. The maximum absolute atomic E-state index is 15.3. The fourth-order valence-corrected chi connectivity index (χ4v) is 12.1. The van der Waals surface area contributed by atoms with Gasteiger partial charge in [0.2, 0.25) is 0 Å². The van der Waals surface area contributed by atoms with E-state index in [1.807, 2.05) is 135 Å². The Kier molecular flexibility index (Phi) is 7.92. The summed E-state index contributed by atoms with van der Waals surface area (Å²) in [5, 5.41) is 14.4. The summed E-state index contributed by atoms with van der Waals surface area (Å²) in [5.74, 6) is -0.166. The quantitative estimate of drug-likeness (QED) is 0.312. The van der Waals surface area contributed by atoms with Crippen LogP contribution in [-0.2, 0) is 9.13 Å². The van der Waals surface area contributed by atoms with Gasteiger partial charge in [-0.1, -0.05) is 135 Å². The van der Waals surface area contributed by atoms with E-state index in [-0.39, 0.29) is 12.1 Å². The molecule has 0 amide bonds. The van der Waals surface area contributed by atoms with Crippen LogP contribution in [0.15, 0.2) is 121 Å². The molecule has 0 spiro atoms. The topological polar surface area (TPSA) is 54.4 Å². The molecule has 0 aliphatic rings. The van der Waals surface area contributed by atoms with Crippen LogP contribution < -0.4 is 21.2 Å². The average molecular weight is 503 g/mol. The molecule has 0 aliphatic carbocycles. The highest BCUT2D eigenvalue weighted by atomic mass is 31.2. The Morgan fingerprint density at radius 1 is 0.571 bits per heavy atom. The Morgan fingerprint density at radius 3 is 1.20 bits per heavy atom. The number of benzene rings is 4. The molecule has 0 saturated heterocycles. The summed E-state index contributed by atoms with van der Waals surface area (Å²) in [6.45, 7) is 3.85. The van der Waals surface area contributed by atoms with Crippen LogP contribution in [0, 0.1) is 5.92 Å². The molecular formula is C30H32O3P2. The lowest BCUT2D eigenvalue weighted by molar-refractivity contribution is 0.125. The molecule has 0 unspecified atom stereocenters. The lowest BCUT2D eigenvalue weighted by Crippen LogP contribution is -2.41. The minimum Gasteiger partial charge on any atom is -0.392 e. The zero-order chi connectivity index (χ0) is 24.9. The summed E-state index contributed by atoms with van der Waals surface area (Å²) in [6, 6.07) is 37.6. The molecule has 0 fully saturated rings. The molecule has 4 aromatic rings. The Morgan fingerprint density at radius 2 is 0.886 bits per heavy atom. The third kappa shape index (κ3) is 5.14. The van der Waals surface area contributed by atoms with Crippen LogP contribution in [0.4, 0.5) is 0 Å². The first-order valence-corrected chi connectivity index (χ1v) is 15.6. The maximum Gasteiger partial charge on any atom is 0.149 e. The van der Waals surface area contributed by atoms with Crippen LogP contribution in [0.3, 0.4) is 0 Å². The minimum absolute atomic E-state index is 0.0987. The fraction of sp³-hybridized carbons (Fsp3) is 0.200. The first-order chi connectivity index (χ1) is 16.9. The SMILES string of the molecule is CC(C)[C@H](O)[C@H](CP(=O)(c1ccccc1)c1ccccc1)P(=O)(c1ccccc1)c1ccccc1. The van der Waals surface area contributed by atoms with E-state index in [0.717, 1.165) is 0 Å². The van der Waals surface area contributed by atoms with Gasteiger partial charge < -0.3 is 14.2 Å². The first-order valence-electron chi connectivity index (χ1n) is 12.0.